The summed E-state index contributed by atoms with van der Waals surface area (Å²) in [5.41, 5.74) is 1.09. The molecule has 3 atom stereocenters. The number of amides is 1. The molecule has 42 heavy (non-hydrogen) atoms. The van der Waals surface area contributed by atoms with Crippen molar-refractivity contribution in [1.29, 1.82) is 0 Å². The molecule has 0 radical (unpaired) electrons. The highest BCUT2D eigenvalue weighted by atomic mass is 19.4. The Hall–Kier alpha value is -3.94. The molecule has 5 N–H and O–H groups in total. The Balaban J connectivity index is 1.72. The summed E-state index contributed by atoms with van der Waals surface area (Å²) in [6.07, 6.45) is -5.80. The topological polar surface area (TPSA) is 136 Å². The molecule has 9 nitrogen and oxygen atoms in total. The third-order valence-corrected chi connectivity index (χ3v) is 6.88. The number of rotatable bonds is 9. The molecule has 0 saturated heterocycles. The number of fused-ring (bicyclic) bond motifs is 1. The zero-order valence-electron chi connectivity index (χ0n) is 23.1. The number of nitrogens with two attached hydrogens (primary N) is 1. The van der Waals surface area contributed by atoms with Crippen molar-refractivity contribution in [3.63, 3.8) is 0 Å². The van der Waals surface area contributed by atoms with Gasteiger partial charge in [0.25, 0.3) is 5.91 Å². The minimum absolute atomic E-state index is 0.0545. The SMILES string of the molecule is COc1cc(C(=O)NCC(O)(c2cc3c(c(-c4ccc(F)cc4)n2)OCCC3(C)N)C(F)(F)F)ccc1OCC(C)O. The van der Waals surface area contributed by atoms with E-state index >= 15 is 0 Å². The Kier molecular flexibility index (Phi) is 8.67. The van der Waals surface area contributed by atoms with Crippen molar-refractivity contribution < 1.29 is 46.8 Å². The summed E-state index contributed by atoms with van der Waals surface area (Å²) in [5, 5.41) is 22.7. The van der Waals surface area contributed by atoms with E-state index in [9.17, 15) is 32.6 Å². The Morgan fingerprint density at radius 3 is 2.50 bits per heavy atom. The van der Waals surface area contributed by atoms with Crippen molar-refractivity contribution in [1.82, 2.24) is 10.3 Å². The van der Waals surface area contributed by atoms with E-state index in [1.165, 1.54) is 44.4 Å². The van der Waals surface area contributed by atoms with Crippen LogP contribution in [0.4, 0.5) is 17.6 Å². The average Bonchev–Trinajstić information content (AvgIpc) is 2.93. The standard InChI is InChI=1S/C29H31F4N3O6/c1-16(37)14-42-21-9-6-18(12-22(21)40-3)26(38)35-15-28(39,29(31,32)33)23-13-20-25(41-11-10-27(20,2)34)24(36-23)17-4-7-19(30)8-5-17/h4-9,12-13,16,37,39H,10-11,14-15,34H2,1-3H3,(H,35,38). The lowest BCUT2D eigenvalue weighted by Gasteiger charge is -2.36. The smallest absolute Gasteiger partial charge is 0.424 e. The van der Waals surface area contributed by atoms with Crippen LogP contribution >= 0.6 is 0 Å². The molecule has 226 valence electrons. The van der Waals surface area contributed by atoms with Crippen molar-refractivity contribution in [2.45, 2.75) is 43.7 Å². The van der Waals surface area contributed by atoms with Gasteiger partial charge in [0.05, 0.1) is 32.1 Å². The third-order valence-electron chi connectivity index (χ3n) is 6.88. The highest BCUT2D eigenvalue weighted by Crippen LogP contribution is 2.45. The van der Waals surface area contributed by atoms with Crippen molar-refractivity contribution in [2.75, 3.05) is 26.9 Å². The minimum atomic E-state index is -5.29. The van der Waals surface area contributed by atoms with Crippen molar-refractivity contribution in [3.8, 4) is 28.5 Å². The van der Waals surface area contributed by atoms with Gasteiger partial charge in [-0.05, 0) is 62.4 Å². The number of ether oxygens (including phenoxy) is 3. The van der Waals surface area contributed by atoms with Crippen LogP contribution in [0.25, 0.3) is 11.3 Å². The van der Waals surface area contributed by atoms with Crippen molar-refractivity contribution >= 4 is 5.91 Å². The van der Waals surface area contributed by atoms with Crippen LogP contribution in [0.3, 0.4) is 0 Å². The van der Waals surface area contributed by atoms with E-state index < -0.39 is 47.4 Å². The van der Waals surface area contributed by atoms with Crippen LogP contribution in [-0.2, 0) is 11.1 Å². The van der Waals surface area contributed by atoms with Gasteiger partial charge < -0.3 is 35.5 Å². The third kappa shape index (κ3) is 6.27. The first-order chi connectivity index (χ1) is 19.7. The Labute approximate surface area is 239 Å². The predicted molar refractivity (Wildman–Crippen MR) is 144 cm³/mol. The van der Waals surface area contributed by atoms with Gasteiger partial charge in [-0.2, -0.15) is 13.2 Å². The zero-order chi connectivity index (χ0) is 30.9. The highest BCUT2D eigenvalue weighted by molar-refractivity contribution is 5.95. The van der Waals surface area contributed by atoms with Crippen LogP contribution in [0, 0.1) is 5.82 Å². The second-order valence-corrected chi connectivity index (χ2v) is 10.3. The number of carbonyl (C=O) groups is 1. The molecule has 4 rings (SSSR count). The number of nitrogens with one attached hydrogen (secondary N) is 1. The Morgan fingerprint density at radius 1 is 1.19 bits per heavy atom. The molecule has 0 fully saturated rings. The van der Waals surface area contributed by atoms with Crippen LogP contribution < -0.4 is 25.3 Å². The molecule has 13 heteroatoms. The fourth-order valence-electron chi connectivity index (χ4n) is 4.40. The number of aliphatic hydroxyl groups excluding tert-OH is 1. The first-order valence-corrected chi connectivity index (χ1v) is 13.0. The van der Waals surface area contributed by atoms with E-state index in [4.69, 9.17) is 19.9 Å². The van der Waals surface area contributed by atoms with Crippen LogP contribution in [0.15, 0.2) is 48.5 Å². The molecule has 0 bridgehead atoms. The summed E-state index contributed by atoms with van der Waals surface area (Å²) in [5.74, 6) is -1.07. The number of alkyl halides is 3. The van der Waals surface area contributed by atoms with E-state index in [0.29, 0.717) is 0 Å². The summed E-state index contributed by atoms with van der Waals surface area (Å²) in [7, 11) is 1.31. The van der Waals surface area contributed by atoms with E-state index in [2.05, 4.69) is 10.3 Å². The Bertz CT molecular complexity index is 1450. The van der Waals surface area contributed by atoms with Gasteiger partial charge in [-0.1, -0.05) is 0 Å². The normalized spacial score (nSPS) is 18.7. The number of methoxy groups -OCH3 is 1. The highest BCUT2D eigenvalue weighted by Gasteiger charge is 2.57. The molecule has 3 unspecified atom stereocenters. The molecule has 0 aliphatic carbocycles. The quantitative estimate of drug-likeness (QED) is 0.275. The molecule has 1 aliphatic heterocycles. The molecular formula is C29H31F4N3O6. The monoisotopic (exact) mass is 593 g/mol. The van der Waals surface area contributed by atoms with E-state index in [1.54, 1.807) is 6.92 Å². The summed E-state index contributed by atoms with van der Waals surface area (Å²) in [4.78, 5) is 17.1. The summed E-state index contributed by atoms with van der Waals surface area (Å²) < 4.78 is 73.7. The summed E-state index contributed by atoms with van der Waals surface area (Å²) in [6.45, 7) is 1.94. The molecule has 0 spiro atoms. The first kappa shape index (κ1) is 31.0. The van der Waals surface area contributed by atoms with Gasteiger partial charge in [0.1, 0.15) is 18.1 Å². The molecule has 1 aliphatic rings. The first-order valence-electron chi connectivity index (χ1n) is 13.0. The summed E-state index contributed by atoms with van der Waals surface area (Å²) in [6, 6.07) is 9.82. The van der Waals surface area contributed by atoms with Crippen LogP contribution in [0.5, 0.6) is 17.2 Å². The van der Waals surface area contributed by atoms with Gasteiger partial charge in [-0.3, -0.25) is 4.79 Å². The molecular weight excluding hydrogens is 562 g/mol. The zero-order valence-corrected chi connectivity index (χ0v) is 23.1. The van der Waals surface area contributed by atoms with Gasteiger partial charge in [0.15, 0.2) is 17.2 Å². The average molecular weight is 594 g/mol. The van der Waals surface area contributed by atoms with Gasteiger partial charge >= 0.3 is 6.18 Å². The van der Waals surface area contributed by atoms with Gasteiger partial charge in [-0.25, -0.2) is 9.37 Å². The number of hydrogen-bond acceptors (Lipinski definition) is 8. The van der Waals surface area contributed by atoms with Gasteiger partial charge in [0.2, 0.25) is 5.60 Å². The van der Waals surface area contributed by atoms with E-state index in [-0.39, 0.29) is 59.3 Å². The number of carbonyl (C=O) groups excluding carboxylic acids is 1. The maximum atomic E-state index is 14.6. The van der Waals surface area contributed by atoms with Gasteiger partial charge in [0, 0.05) is 28.7 Å². The van der Waals surface area contributed by atoms with Crippen molar-refractivity contribution in [2.24, 2.45) is 5.73 Å². The molecule has 0 saturated carbocycles. The van der Waals surface area contributed by atoms with Crippen molar-refractivity contribution in [3.05, 3.63) is 71.2 Å². The number of halogens is 4. The second kappa shape index (κ2) is 11.7. The Morgan fingerprint density at radius 2 is 1.88 bits per heavy atom. The fraction of sp³-hybridized carbons (Fsp3) is 0.379. The van der Waals surface area contributed by atoms with Crippen LogP contribution in [-0.4, -0.2) is 60.3 Å². The van der Waals surface area contributed by atoms with E-state index in [1.807, 2.05) is 0 Å². The number of hydrogen-bond donors (Lipinski definition) is 4. The molecule has 1 aromatic heterocycles. The largest absolute Gasteiger partial charge is 0.493 e. The molecule has 3 aromatic rings. The minimum Gasteiger partial charge on any atom is -0.493 e. The number of nitrogens with zero attached hydrogens (tertiary/aromatic N) is 1. The lowest BCUT2D eigenvalue weighted by atomic mass is 9.84. The molecule has 2 heterocycles. The number of pyridine rings is 1. The van der Waals surface area contributed by atoms with Crippen LogP contribution in [0.1, 0.15) is 41.9 Å². The van der Waals surface area contributed by atoms with Gasteiger partial charge in [-0.15, -0.1) is 0 Å². The maximum Gasteiger partial charge on any atom is 0.424 e. The number of aliphatic hydroxyl groups is 2. The van der Waals surface area contributed by atoms with E-state index in [0.717, 1.165) is 18.2 Å². The number of benzene rings is 2. The predicted octanol–water partition coefficient (Wildman–Crippen LogP) is 3.79. The second-order valence-electron chi connectivity index (χ2n) is 10.3. The summed E-state index contributed by atoms with van der Waals surface area (Å²) >= 11 is 0. The lowest BCUT2D eigenvalue weighted by Crippen LogP contribution is -2.52. The fourth-order valence-corrected chi connectivity index (χ4v) is 4.40. The maximum absolute atomic E-state index is 14.6. The number of aromatic nitrogens is 1. The molecule has 2 aromatic carbocycles. The van der Waals surface area contributed by atoms with Crippen LogP contribution in [0.2, 0.25) is 0 Å². The molecule has 1 amide bonds. The lowest BCUT2D eigenvalue weighted by molar-refractivity contribution is -0.265.